The SMILES string of the molecule is CNCc1ccc2c(c1)N(C(N)=O)C(=O)C(C)S2. The van der Waals surface area contributed by atoms with Crippen molar-refractivity contribution in [1.82, 2.24) is 5.32 Å². The smallest absolute Gasteiger partial charge is 0.326 e. The van der Waals surface area contributed by atoms with E-state index in [-0.39, 0.29) is 11.2 Å². The van der Waals surface area contributed by atoms with Crippen LogP contribution in [-0.4, -0.2) is 24.2 Å². The van der Waals surface area contributed by atoms with Crippen LogP contribution in [0.5, 0.6) is 0 Å². The number of carbonyl (C=O) groups excluding carboxylic acids is 2. The Kier molecular flexibility index (Phi) is 3.58. The Morgan fingerprint density at radius 2 is 2.28 bits per heavy atom. The van der Waals surface area contributed by atoms with Crippen LogP contribution in [0.4, 0.5) is 10.5 Å². The average Bonchev–Trinajstić information content (AvgIpc) is 2.31. The van der Waals surface area contributed by atoms with Crippen LogP contribution in [0.1, 0.15) is 12.5 Å². The van der Waals surface area contributed by atoms with Crippen LogP contribution in [0.2, 0.25) is 0 Å². The van der Waals surface area contributed by atoms with Gasteiger partial charge in [0.25, 0.3) is 0 Å². The standard InChI is InChI=1S/C12H15N3O2S/c1-7-11(16)15(12(13)17)9-5-8(6-14-2)3-4-10(9)18-7/h3-5,7,14H,6H2,1-2H3,(H2,13,17). The van der Waals surface area contributed by atoms with Crippen LogP contribution in [0.15, 0.2) is 23.1 Å². The second-order valence-electron chi connectivity index (χ2n) is 4.10. The summed E-state index contributed by atoms with van der Waals surface area (Å²) in [5.41, 5.74) is 6.89. The summed E-state index contributed by atoms with van der Waals surface area (Å²) in [6.07, 6.45) is 0. The van der Waals surface area contributed by atoms with Crippen LogP contribution in [-0.2, 0) is 11.3 Å². The summed E-state index contributed by atoms with van der Waals surface area (Å²) in [6.45, 7) is 2.45. The molecule has 3 N–H and O–H groups in total. The number of anilines is 1. The molecule has 1 aliphatic heterocycles. The molecule has 1 aromatic carbocycles. The number of nitrogens with zero attached hydrogens (tertiary/aromatic N) is 1. The molecule has 3 amide bonds. The predicted molar refractivity (Wildman–Crippen MR) is 71.6 cm³/mol. The van der Waals surface area contributed by atoms with Crippen molar-refractivity contribution in [3.05, 3.63) is 23.8 Å². The monoisotopic (exact) mass is 265 g/mol. The van der Waals surface area contributed by atoms with Gasteiger partial charge in [-0.1, -0.05) is 6.07 Å². The summed E-state index contributed by atoms with van der Waals surface area (Å²) < 4.78 is 0. The topological polar surface area (TPSA) is 75.4 Å². The second-order valence-corrected chi connectivity index (χ2v) is 5.49. The van der Waals surface area contributed by atoms with E-state index in [4.69, 9.17) is 5.73 Å². The minimum Gasteiger partial charge on any atom is -0.351 e. The quantitative estimate of drug-likeness (QED) is 0.845. The molecule has 5 nitrogen and oxygen atoms in total. The molecule has 1 heterocycles. The maximum Gasteiger partial charge on any atom is 0.326 e. The Morgan fingerprint density at radius 3 is 2.89 bits per heavy atom. The number of fused-ring (bicyclic) bond motifs is 1. The molecular formula is C12H15N3O2S. The van der Waals surface area contributed by atoms with E-state index in [0.29, 0.717) is 12.2 Å². The van der Waals surface area contributed by atoms with Crippen molar-refractivity contribution < 1.29 is 9.59 Å². The predicted octanol–water partition coefficient (Wildman–Crippen LogP) is 1.31. The van der Waals surface area contributed by atoms with Crippen molar-refractivity contribution in [3.8, 4) is 0 Å². The Hall–Kier alpha value is -1.53. The third kappa shape index (κ3) is 2.21. The molecule has 0 aromatic heterocycles. The van der Waals surface area contributed by atoms with Gasteiger partial charge in [0, 0.05) is 11.4 Å². The van der Waals surface area contributed by atoms with Gasteiger partial charge >= 0.3 is 6.03 Å². The van der Waals surface area contributed by atoms with Gasteiger partial charge in [0.15, 0.2) is 0 Å². The number of imide groups is 1. The van der Waals surface area contributed by atoms with Crippen molar-refractivity contribution in [2.24, 2.45) is 5.73 Å². The number of benzene rings is 1. The summed E-state index contributed by atoms with van der Waals surface area (Å²) >= 11 is 1.45. The van der Waals surface area contributed by atoms with Gasteiger partial charge in [-0.3, -0.25) is 4.79 Å². The van der Waals surface area contributed by atoms with E-state index in [2.05, 4.69) is 5.32 Å². The van der Waals surface area contributed by atoms with Crippen molar-refractivity contribution >= 4 is 29.4 Å². The number of hydrogen-bond donors (Lipinski definition) is 2. The molecule has 0 aliphatic carbocycles. The molecule has 96 valence electrons. The van der Waals surface area contributed by atoms with Crippen molar-refractivity contribution in [1.29, 1.82) is 0 Å². The Bertz CT molecular complexity index is 504. The summed E-state index contributed by atoms with van der Waals surface area (Å²) in [6, 6.07) is 5.00. The van der Waals surface area contributed by atoms with Crippen LogP contribution < -0.4 is 16.0 Å². The number of hydrogen-bond acceptors (Lipinski definition) is 4. The average molecular weight is 265 g/mol. The van der Waals surface area contributed by atoms with E-state index < -0.39 is 6.03 Å². The van der Waals surface area contributed by atoms with E-state index in [9.17, 15) is 9.59 Å². The molecule has 0 spiro atoms. The Balaban J connectivity index is 2.48. The first-order valence-corrected chi connectivity index (χ1v) is 6.50. The zero-order valence-electron chi connectivity index (χ0n) is 10.3. The van der Waals surface area contributed by atoms with Gasteiger partial charge in [-0.15, -0.1) is 11.8 Å². The van der Waals surface area contributed by atoms with Gasteiger partial charge in [-0.25, -0.2) is 9.69 Å². The van der Waals surface area contributed by atoms with Crippen molar-refractivity contribution in [2.75, 3.05) is 11.9 Å². The zero-order valence-corrected chi connectivity index (χ0v) is 11.1. The molecule has 2 rings (SSSR count). The van der Waals surface area contributed by atoms with Gasteiger partial charge in [-0.05, 0) is 31.7 Å². The summed E-state index contributed by atoms with van der Waals surface area (Å²) in [4.78, 5) is 25.4. The lowest BCUT2D eigenvalue weighted by Crippen LogP contribution is -2.46. The van der Waals surface area contributed by atoms with E-state index in [1.807, 2.05) is 25.2 Å². The van der Waals surface area contributed by atoms with Gasteiger partial charge in [0.05, 0.1) is 10.9 Å². The largest absolute Gasteiger partial charge is 0.351 e. The van der Waals surface area contributed by atoms with Gasteiger partial charge in [0.2, 0.25) is 5.91 Å². The van der Waals surface area contributed by atoms with E-state index in [1.54, 1.807) is 6.92 Å². The van der Waals surface area contributed by atoms with Crippen LogP contribution in [0, 0.1) is 0 Å². The molecule has 0 radical (unpaired) electrons. The normalized spacial score (nSPS) is 18.7. The first-order valence-electron chi connectivity index (χ1n) is 5.62. The number of rotatable bonds is 2. The molecule has 0 bridgehead atoms. The lowest BCUT2D eigenvalue weighted by Gasteiger charge is -2.29. The molecule has 1 unspecified atom stereocenters. The fourth-order valence-electron chi connectivity index (χ4n) is 1.92. The van der Waals surface area contributed by atoms with Crippen LogP contribution >= 0.6 is 11.8 Å². The van der Waals surface area contributed by atoms with E-state index >= 15 is 0 Å². The highest BCUT2D eigenvalue weighted by atomic mass is 32.2. The van der Waals surface area contributed by atoms with Gasteiger partial charge in [-0.2, -0.15) is 0 Å². The number of amides is 3. The third-order valence-electron chi connectivity index (χ3n) is 2.74. The minimum absolute atomic E-state index is 0.262. The van der Waals surface area contributed by atoms with E-state index in [1.165, 1.54) is 11.8 Å². The molecule has 1 atom stereocenters. The van der Waals surface area contributed by atoms with Gasteiger partial charge < -0.3 is 11.1 Å². The van der Waals surface area contributed by atoms with Crippen LogP contribution in [0.3, 0.4) is 0 Å². The first kappa shape index (κ1) is 12.9. The fourth-order valence-corrected chi connectivity index (χ4v) is 2.92. The molecular weight excluding hydrogens is 250 g/mol. The highest BCUT2D eigenvalue weighted by molar-refractivity contribution is 8.01. The highest BCUT2D eigenvalue weighted by Crippen LogP contribution is 2.39. The highest BCUT2D eigenvalue weighted by Gasteiger charge is 2.33. The third-order valence-corrected chi connectivity index (χ3v) is 3.89. The summed E-state index contributed by atoms with van der Waals surface area (Å²) in [5, 5.41) is 2.74. The molecule has 0 fully saturated rings. The zero-order chi connectivity index (χ0) is 13.3. The second kappa shape index (κ2) is 4.99. The lowest BCUT2D eigenvalue weighted by atomic mass is 10.1. The van der Waals surface area contributed by atoms with E-state index in [0.717, 1.165) is 15.4 Å². The number of nitrogens with one attached hydrogen (secondary N) is 1. The number of urea groups is 1. The van der Waals surface area contributed by atoms with Crippen LogP contribution in [0.25, 0.3) is 0 Å². The lowest BCUT2D eigenvalue weighted by molar-refractivity contribution is -0.117. The first-order chi connectivity index (χ1) is 8.54. The molecule has 1 aromatic rings. The maximum absolute atomic E-state index is 12.0. The van der Waals surface area contributed by atoms with Crippen molar-refractivity contribution in [2.45, 2.75) is 23.6 Å². The molecule has 1 aliphatic rings. The summed E-state index contributed by atoms with van der Waals surface area (Å²) in [5.74, 6) is -0.262. The fraction of sp³-hybridized carbons (Fsp3) is 0.333. The molecule has 18 heavy (non-hydrogen) atoms. The minimum atomic E-state index is -0.727. The van der Waals surface area contributed by atoms with Gasteiger partial charge in [0.1, 0.15) is 0 Å². The number of thioether (sulfide) groups is 1. The number of primary amides is 1. The van der Waals surface area contributed by atoms with Crippen molar-refractivity contribution in [3.63, 3.8) is 0 Å². The molecule has 0 saturated heterocycles. The number of nitrogens with two attached hydrogens (primary N) is 1. The maximum atomic E-state index is 12.0. The molecule has 6 heteroatoms. The molecule has 0 saturated carbocycles. The number of carbonyl (C=O) groups is 2. The Morgan fingerprint density at radius 1 is 1.56 bits per heavy atom. The summed E-state index contributed by atoms with van der Waals surface area (Å²) in [7, 11) is 1.84. The Labute approximate surface area is 110 Å².